The summed E-state index contributed by atoms with van der Waals surface area (Å²) in [5.74, 6) is -2.06. The van der Waals surface area contributed by atoms with Gasteiger partial charge in [0.05, 0.1) is 16.4 Å². The molecule has 0 unspecified atom stereocenters. The average molecular weight is 559 g/mol. The van der Waals surface area contributed by atoms with Crippen molar-refractivity contribution >= 4 is 76.0 Å². The second kappa shape index (κ2) is 11.0. The standard InChI is InChI=1S/C26H18Cl3N3O5/c1-14-18(28)6-4-8-21(14)32-25(35)17(24(34)31-26(32)36)12-15-11-16(27)9-10-22(15)37-13-23(33)30-20-7-3-2-5-19(20)29/h2-12H,13H2,1H3,(H,30,33)(H,31,34,36)/b17-12-. The minimum Gasteiger partial charge on any atom is -0.483 e. The van der Waals surface area contributed by atoms with Gasteiger partial charge in [-0.25, -0.2) is 9.69 Å². The van der Waals surface area contributed by atoms with E-state index in [9.17, 15) is 19.2 Å². The molecule has 0 atom stereocenters. The Morgan fingerprint density at radius 1 is 1.00 bits per heavy atom. The van der Waals surface area contributed by atoms with Crippen molar-refractivity contribution in [1.29, 1.82) is 0 Å². The fraction of sp³-hybridized carbons (Fsp3) is 0.0769. The summed E-state index contributed by atoms with van der Waals surface area (Å²) in [7, 11) is 0. The number of benzene rings is 3. The summed E-state index contributed by atoms with van der Waals surface area (Å²) in [6.45, 7) is 1.25. The van der Waals surface area contributed by atoms with Crippen LogP contribution in [0.15, 0.2) is 66.2 Å². The first-order chi connectivity index (χ1) is 17.7. The summed E-state index contributed by atoms with van der Waals surface area (Å²) >= 11 is 18.4. The zero-order valence-corrected chi connectivity index (χ0v) is 21.4. The van der Waals surface area contributed by atoms with Gasteiger partial charge in [-0.15, -0.1) is 0 Å². The molecule has 188 valence electrons. The lowest BCUT2D eigenvalue weighted by Crippen LogP contribution is -2.54. The van der Waals surface area contributed by atoms with Gasteiger partial charge in [-0.3, -0.25) is 19.7 Å². The molecule has 0 bridgehead atoms. The molecule has 0 aromatic heterocycles. The second-order valence-corrected chi connectivity index (χ2v) is 9.09. The normalized spacial score (nSPS) is 14.5. The predicted octanol–water partition coefficient (Wildman–Crippen LogP) is 5.64. The van der Waals surface area contributed by atoms with Crippen LogP contribution >= 0.6 is 34.8 Å². The fourth-order valence-electron chi connectivity index (χ4n) is 3.53. The van der Waals surface area contributed by atoms with Crippen molar-refractivity contribution in [1.82, 2.24) is 5.32 Å². The molecule has 8 nitrogen and oxygen atoms in total. The number of barbiturate groups is 1. The molecule has 3 aromatic carbocycles. The Morgan fingerprint density at radius 3 is 2.49 bits per heavy atom. The second-order valence-electron chi connectivity index (χ2n) is 7.84. The zero-order valence-electron chi connectivity index (χ0n) is 19.2. The Hall–Kier alpha value is -3.85. The number of ether oxygens (including phenoxy) is 1. The molecule has 1 aliphatic heterocycles. The van der Waals surface area contributed by atoms with Crippen LogP contribution in [0.2, 0.25) is 15.1 Å². The first-order valence-corrected chi connectivity index (χ1v) is 11.9. The van der Waals surface area contributed by atoms with Crippen molar-refractivity contribution < 1.29 is 23.9 Å². The van der Waals surface area contributed by atoms with Crippen LogP contribution in [0.4, 0.5) is 16.2 Å². The van der Waals surface area contributed by atoms with E-state index in [1.165, 1.54) is 30.3 Å². The number of hydrogen-bond donors (Lipinski definition) is 2. The number of halogens is 3. The maximum atomic E-state index is 13.3. The first-order valence-electron chi connectivity index (χ1n) is 10.8. The molecule has 1 fully saturated rings. The number of rotatable bonds is 6. The van der Waals surface area contributed by atoms with Gasteiger partial charge in [-0.2, -0.15) is 0 Å². The van der Waals surface area contributed by atoms with E-state index in [2.05, 4.69) is 10.6 Å². The van der Waals surface area contributed by atoms with Crippen LogP contribution in [0.25, 0.3) is 6.08 Å². The van der Waals surface area contributed by atoms with Crippen molar-refractivity contribution in [3.63, 3.8) is 0 Å². The number of amides is 5. The van der Waals surface area contributed by atoms with Crippen LogP contribution in [0, 0.1) is 6.92 Å². The van der Waals surface area contributed by atoms with Crippen LogP contribution in [-0.4, -0.2) is 30.4 Å². The number of carbonyl (C=O) groups excluding carboxylic acids is 4. The van der Waals surface area contributed by atoms with E-state index < -0.39 is 30.4 Å². The van der Waals surface area contributed by atoms with Gasteiger partial charge >= 0.3 is 6.03 Å². The minimum atomic E-state index is -0.906. The first kappa shape index (κ1) is 26.2. The molecule has 4 rings (SSSR count). The van der Waals surface area contributed by atoms with E-state index in [4.69, 9.17) is 39.5 Å². The third-order valence-electron chi connectivity index (χ3n) is 5.36. The summed E-state index contributed by atoms with van der Waals surface area (Å²) in [6.07, 6.45) is 1.24. The molecule has 5 amide bonds. The number of nitrogens with one attached hydrogen (secondary N) is 2. The van der Waals surface area contributed by atoms with Crippen molar-refractivity contribution in [2.75, 3.05) is 16.8 Å². The number of hydrogen-bond acceptors (Lipinski definition) is 5. The highest BCUT2D eigenvalue weighted by molar-refractivity contribution is 6.40. The highest BCUT2D eigenvalue weighted by atomic mass is 35.5. The highest BCUT2D eigenvalue weighted by Gasteiger charge is 2.37. The SMILES string of the molecule is Cc1c(Cl)cccc1N1C(=O)NC(=O)/C(=C/c2cc(Cl)ccc2OCC(=O)Nc2ccccc2Cl)C1=O. The highest BCUT2D eigenvalue weighted by Crippen LogP contribution is 2.31. The van der Waals surface area contributed by atoms with E-state index in [0.717, 1.165) is 4.90 Å². The number of nitrogens with zero attached hydrogens (tertiary/aromatic N) is 1. The van der Waals surface area contributed by atoms with Crippen LogP contribution in [0.3, 0.4) is 0 Å². The van der Waals surface area contributed by atoms with Gasteiger partial charge < -0.3 is 10.1 Å². The van der Waals surface area contributed by atoms with Crippen molar-refractivity contribution in [2.45, 2.75) is 6.92 Å². The van der Waals surface area contributed by atoms with Gasteiger partial charge in [0.15, 0.2) is 6.61 Å². The van der Waals surface area contributed by atoms with Gasteiger partial charge in [-0.1, -0.05) is 53.0 Å². The Balaban J connectivity index is 1.61. The number of imide groups is 2. The topological polar surface area (TPSA) is 105 Å². The fourth-order valence-corrected chi connectivity index (χ4v) is 4.06. The largest absolute Gasteiger partial charge is 0.483 e. The number of carbonyl (C=O) groups is 4. The van der Waals surface area contributed by atoms with Crippen LogP contribution in [0.5, 0.6) is 5.75 Å². The van der Waals surface area contributed by atoms with Crippen LogP contribution < -0.4 is 20.3 Å². The molecule has 1 heterocycles. The number of urea groups is 1. The summed E-state index contributed by atoms with van der Waals surface area (Å²) in [5.41, 5.74) is 1.03. The molecule has 1 aliphatic rings. The third-order valence-corrected chi connectivity index (χ3v) is 6.33. The van der Waals surface area contributed by atoms with Crippen LogP contribution in [0.1, 0.15) is 11.1 Å². The lowest BCUT2D eigenvalue weighted by atomic mass is 10.0. The van der Waals surface area contributed by atoms with E-state index >= 15 is 0 Å². The minimum absolute atomic E-state index is 0.175. The van der Waals surface area contributed by atoms with Gasteiger partial charge in [-0.05, 0) is 61.0 Å². The number of para-hydroxylation sites is 1. The van der Waals surface area contributed by atoms with Gasteiger partial charge in [0, 0.05) is 15.6 Å². The Morgan fingerprint density at radius 2 is 1.73 bits per heavy atom. The molecule has 0 saturated carbocycles. The van der Waals surface area contributed by atoms with Crippen molar-refractivity contribution in [3.05, 3.63) is 92.4 Å². The smallest absolute Gasteiger partial charge is 0.335 e. The molecule has 0 spiro atoms. The van der Waals surface area contributed by atoms with E-state index in [1.54, 1.807) is 43.3 Å². The monoisotopic (exact) mass is 557 g/mol. The van der Waals surface area contributed by atoms with E-state index in [1.807, 2.05) is 0 Å². The van der Waals surface area contributed by atoms with Crippen molar-refractivity contribution in [2.24, 2.45) is 0 Å². The zero-order chi connectivity index (χ0) is 26.7. The molecule has 1 saturated heterocycles. The van der Waals surface area contributed by atoms with Gasteiger partial charge in [0.2, 0.25) is 0 Å². The lowest BCUT2D eigenvalue weighted by Gasteiger charge is -2.27. The van der Waals surface area contributed by atoms with Crippen LogP contribution in [-0.2, 0) is 14.4 Å². The maximum absolute atomic E-state index is 13.3. The summed E-state index contributed by atoms with van der Waals surface area (Å²) < 4.78 is 5.65. The van der Waals surface area contributed by atoms with Crippen molar-refractivity contribution in [3.8, 4) is 5.75 Å². The molecule has 11 heteroatoms. The average Bonchev–Trinajstić information content (AvgIpc) is 2.85. The molecular formula is C26H18Cl3N3O5. The molecule has 37 heavy (non-hydrogen) atoms. The molecule has 0 radical (unpaired) electrons. The lowest BCUT2D eigenvalue weighted by molar-refractivity contribution is -0.122. The molecule has 0 aliphatic carbocycles. The maximum Gasteiger partial charge on any atom is 0.335 e. The Bertz CT molecular complexity index is 1470. The Kier molecular flexibility index (Phi) is 7.83. The molecular weight excluding hydrogens is 541 g/mol. The molecule has 3 aromatic rings. The van der Waals surface area contributed by atoms with Gasteiger partial charge in [0.1, 0.15) is 11.3 Å². The Labute approximate surface area is 226 Å². The predicted molar refractivity (Wildman–Crippen MR) is 142 cm³/mol. The summed E-state index contributed by atoms with van der Waals surface area (Å²) in [6, 6.07) is 15.0. The third kappa shape index (κ3) is 5.77. The van der Waals surface area contributed by atoms with E-state index in [-0.39, 0.29) is 22.6 Å². The molecule has 2 N–H and O–H groups in total. The summed E-state index contributed by atoms with van der Waals surface area (Å²) in [5, 5.41) is 5.80. The van der Waals surface area contributed by atoms with E-state index in [0.29, 0.717) is 26.3 Å². The number of anilines is 2. The quantitative estimate of drug-likeness (QED) is 0.301. The van der Waals surface area contributed by atoms with Gasteiger partial charge in [0.25, 0.3) is 17.7 Å². The summed E-state index contributed by atoms with van der Waals surface area (Å²) in [4.78, 5) is 51.7.